The Kier molecular flexibility index (Phi) is 2.78. The van der Waals surface area contributed by atoms with Gasteiger partial charge in [-0.2, -0.15) is 0 Å². The number of hydrogen-bond donors (Lipinski definition) is 0. The first-order valence-electron chi connectivity index (χ1n) is 6.80. The molecule has 2 aromatic carbocycles. The molecule has 96 valence electrons. The van der Waals surface area contributed by atoms with Gasteiger partial charge in [-0.05, 0) is 35.6 Å². The third-order valence-electron chi connectivity index (χ3n) is 3.32. The first kappa shape index (κ1) is 12.2. The van der Waals surface area contributed by atoms with Gasteiger partial charge in [0.15, 0.2) is 0 Å². The largest absolute Gasteiger partial charge is 0.248 e. The highest BCUT2D eigenvalue weighted by Crippen LogP contribution is 2.25. The van der Waals surface area contributed by atoms with Crippen LogP contribution < -0.4 is 0 Å². The number of pyridine rings is 1. The molecule has 0 radical (unpaired) electrons. The minimum Gasteiger partial charge on any atom is -0.248 e. The van der Waals surface area contributed by atoms with Gasteiger partial charge in [0.1, 0.15) is 0 Å². The van der Waals surface area contributed by atoms with Crippen LogP contribution in [0.2, 0.25) is 0 Å². The van der Waals surface area contributed by atoms with Crippen LogP contribution >= 0.6 is 0 Å². The van der Waals surface area contributed by atoms with Crippen molar-refractivity contribution in [3.05, 3.63) is 54.1 Å². The second kappa shape index (κ2) is 4.34. The molecule has 1 heteroatoms. The molecule has 3 aromatic rings. The fourth-order valence-electron chi connectivity index (χ4n) is 2.54. The van der Waals surface area contributed by atoms with E-state index in [1.165, 1.54) is 16.3 Å². The Labute approximate surface area is 114 Å². The van der Waals surface area contributed by atoms with Crippen LogP contribution in [-0.4, -0.2) is 4.98 Å². The van der Waals surface area contributed by atoms with E-state index in [4.69, 9.17) is 4.98 Å². The fraction of sp³-hybridized carbons (Fsp3) is 0.278. The normalized spacial score (nSPS) is 12.2. The first-order chi connectivity index (χ1) is 9.01. The number of benzene rings is 2. The summed E-state index contributed by atoms with van der Waals surface area (Å²) >= 11 is 0. The molecule has 0 fully saturated rings. The molecular weight excluding hydrogens is 230 g/mol. The van der Waals surface area contributed by atoms with Gasteiger partial charge in [0.05, 0.1) is 11.0 Å². The zero-order valence-electron chi connectivity index (χ0n) is 11.8. The van der Waals surface area contributed by atoms with Crippen LogP contribution in [0.4, 0.5) is 0 Å². The van der Waals surface area contributed by atoms with E-state index in [1.807, 2.05) is 6.07 Å². The molecule has 1 aromatic heterocycles. The van der Waals surface area contributed by atoms with Crippen molar-refractivity contribution < 1.29 is 0 Å². The van der Waals surface area contributed by atoms with E-state index in [0.717, 1.165) is 17.5 Å². The zero-order chi connectivity index (χ0) is 13.5. The van der Waals surface area contributed by atoms with Crippen molar-refractivity contribution in [1.82, 2.24) is 4.98 Å². The van der Waals surface area contributed by atoms with Gasteiger partial charge in [-0.1, -0.05) is 51.1 Å². The number of hydrogen-bond acceptors (Lipinski definition) is 1. The average molecular weight is 249 g/mol. The highest BCUT2D eigenvalue weighted by molar-refractivity contribution is 5.92. The third kappa shape index (κ3) is 2.60. The maximum Gasteiger partial charge on any atom is 0.0712 e. The lowest BCUT2D eigenvalue weighted by molar-refractivity contribution is 0.411. The van der Waals surface area contributed by atoms with Gasteiger partial charge in [-0.15, -0.1) is 0 Å². The molecule has 1 nitrogen and oxygen atoms in total. The molecule has 0 N–H and O–H groups in total. The zero-order valence-corrected chi connectivity index (χ0v) is 11.8. The van der Waals surface area contributed by atoms with E-state index in [-0.39, 0.29) is 0 Å². The van der Waals surface area contributed by atoms with Crippen LogP contribution in [0.5, 0.6) is 0 Å². The number of para-hydroxylation sites is 1. The van der Waals surface area contributed by atoms with E-state index in [0.29, 0.717) is 5.41 Å². The van der Waals surface area contributed by atoms with E-state index < -0.39 is 0 Å². The number of nitrogens with zero attached hydrogens (tertiary/aromatic N) is 1. The summed E-state index contributed by atoms with van der Waals surface area (Å²) in [6, 6.07) is 17.2. The van der Waals surface area contributed by atoms with Crippen LogP contribution in [0, 0.1) is 5.41 Å². The Morgan fingerprint density at radius 1 is 0.842 bits per heavy atom. The van der Waals surface area contributed by atoms with Gasteiger partial charge in [0, 0.05) is 10.8 Å². The summed E-state index contributed by atoms with van der Waals surface area (Å²) in [6.45, 7) is 6.81. The summed E-state index contributed by atoms with van der Waals surface area (Å²) in [5.74, 6) is 0. The molecule has 0 spiro atoms. The molecule has 0 amide bonds. The fourth-order valence-corrected chi connectivity index (χ4v) is 2.54. The van der Waals surface area contributed by atoms with Crippen molar-refractivity contribution in [2.24, 2.45) is 5.41 Å². The predicted molar refractivity (Wildman–Crippen MR) is 82.4 cm³/mol. The van der Waals surface area contributed by atoms with Crippen LogP contribution in [0.25, 0.3) is 21.8 Å². The van der Waals surface area contributed by atoms with E-state index in [9.17, 15) is 0 Å². The molecule has 0 saturated heterocycles. The molecule has 3 rings (SSSR count). The topological polar surface area (TPSA) is 12.9 Å². The molecule has 0 unspecified atom stereocenters. The Morgan fingerprint density at radius 2 is 1.58 bits per heavy atom. The van der Waals surface area contributed by atoms with Gasteiger partial charge in [-0.25, -0.2) is 4.98 Å². The molecule has 0 aliphatic heterocycles. The van der Waals surface area contributed by atoms with Crippen molar-refractivity contribution >= 4 is 21.8 Å². The number of fused-ring (bicyclic) bond motifs is 2. The van der Waals surface area contributed by atoms with Gasteiger partial charge in [0.2, 0.25) is 0 Å². The third-order valence-corrected chi connectivity index (χ3v) is 3.32. The summed E-state index contributed by atoms with van der Waals surface area (Å²) in [5.41, 5.74) is 3.84. The SMILES string of the molecule is CC(C)(C)Cc1ccc2cc3ccccc3nc2c1. The van der Waals surface area contributed by atoms with Gasteiger partial charge in [-0.3, -0.25) is 0 Å². The maximum absolute atomic E-state index is 4.77. The van der Waals surface area contributed by atoms with Crippen molar-refractivity contribution in [1.29, 1.82) is 0 Å². The minimum absolute atomic E-state index is 0.310. The molecule has 0 saturated carbocycles. The van der Waals surface area contributed by atoms with Gasteiger partial charge < -0.3 is 0 Å². The monoisotopic (exact) mass is 249 g/mol. The minimum atomic E-state index is 0.310. The van der Waals surface area contributed by atoms with Crippen LogP contribution in [0.1, 0.15) is 26.3 Å². The lowest BCUT2D eigenvalue weighted by Gasteiger charge is -2.18. The molecule has 0 aliphatic carbocycles. The lowest BCUT2D eigenvalue weighted by atomic mass is 9.88. The standard InChI is InChI=1S/C18H19N/c1-18(2,3)12-13-8-9-15-11-14-6-4-5-7-16(14)19-17(15)10-13/h4-11H,12H2,1-3H3. The Bertz CT molecular complexity index is 735. The van der Waals surface area contributed by atoms with E-state index in [1.54, 1.807) is 0 Å². The number of aromatic nitrogens is 1. The summed E-state index contributed by atoms with van der Waals surface area (Å²) in [7, 11) is 0. The maximum atomic E-state index is 4.77. The van der Waals surface area contributed by atoms with Crippen molar-refractivity contribution in [3.63, 3.8) is 0 Å². The average Bonchev–Trinajstić information content (AvgIpc) is 2.34. The van der Waals surface area contributed by atoms with Crippen LogP contribution in [0.15, 0.2) is 48.5 Å². The second-order valence-electron chi connectivity index (χ2n) is 6.45. The molecule has 0 aliphatic rings. The molecule has 1 heterocycles. The van der Waals surface area contributed by atoms with Gasteiger partial charge >= 0.3 is 0 Å². The second-order valence-corrected chi connectivity index (χ2v) is 6.45. The number of rotatable bonds is 1. The van der Waals surface area contributed by atoms with E-state index in [2.05, 4.69) is 63.2 Å². The predicted octanol–water partition coefficient (Wildman–Crippen LogP) is 4.98. The smallest absolute Gasteiger partial charge is 0.0712 e. The van der Waals surface area contributed by atoms with Crippen LogP contribution in [-0.2, 0) is 6.42 Å². The highest BCUT2D eigenvalue weighted by atomic mass is 14.7. The molecule has 19 heavy (non-hydrogen) atoms. The van der Waals surface area contributed by atoms with Gasteiger partial charge in [0.25, 0.3) is 0 Å². The Hall–Kier alpha value is -1.89. The van der Waals surface area contributed by atoms with E-state index >= 15 is 0 Å². The summed E-state index contributed by atoms with van der Waals surface area (Å²) in [6.07, 6.45) is 1.08. The highest BCUT2D eigenvalue weighted by Gasteiger charge is 2.11. The van der Waals surface area contributed by atoms with Crippen molar-refractivity contribution in [2.75, 3.05) is 0 Å². The first-order valence-corrected chi connectivity index (χ1v) is 6.80. The Morgan fingerprint density at radius 3 is 2.37 bits per heavy atom. The quantitative estimate of drug-likeness (QED) is 0.554. The van der Waals surface area contributed by atoms with Crippen molar-refractivity contribution in [3.8, 4) is 0 Å². The van der Waals surface area contributed by atoms with Crippen molar-refractivity contribution in [2.45, 2.75) is 27.2 Å². The Balaban J connectivity index is 2.14. The summed E-state index contributed by atoms with van der Waals surface area (Å²) in [5, 5.41) is 2.43. The summed E-state index contributed by atoms with van der Waals surface area (Å²) in [4.78, 5) is 4.77. The van der Waals surface area contributed by atoms with Crippen LogP contribution in [0.3, 0.4) is 0 Å². The molecule has 0 atom stereocenters. The summed E-state index contributed by atoms with van der Waals surface area (Å²) < 4.78 is 0. The molecule has 0 bridgehead atoms. The lowest BCUT2D eigenvalue weighted by Crippen LogP contribution is -2.08. The molecular formula is C18H19N.